The Kier molecular flexibility index (Phi) is 8.55. The number of guanidine groups is 1. The second-order valence-corrected chi connectivity index (χ2v) is 8.84. The first kappa shape index (κ1) is 26.3. The van der Waals surface area contributed by atoms with Crippen LogP contribution in [-0.4, -0.2) is 66.3 Å². The topological polar surface area (TPSA) is 201 Å². The van der Waals surface area contributed by atoms with Crippen molar-refractivity contribution in [2.45, 2.75) is 5.37 Å². The van der Waals surface area contributed by atoms with Gasteiger partial charge in [-0.2, -0.15) is 0 Å². The molecule has 0 bridgehead atoms. The number of nitrogens with one attached hydrogen (secondary N) is 1. The molecule has 168 valence electrons. The first-order valence-electron chi connectivity index (χ1n) is 9.25. The number of sulfone groups is 1. The first-order valence-corrected chi connectivity index (χ1v) is 11.0. The van der Waals surface area contributed by atoms with Crippen LogP contribution in [0, 0.1) is 0 Å². The van der Waals surface area contributed by atoms with Gasteiger partial charge in [-0.3, -0.25) is 24.5 Å². The van der Waals surface area contributed by atoms with Gasteiger partial charge in [0, 0.05) is 18.8 Å². The molecule has 1 aromatic heterocycles. The smallest absolute Gasteiger partial charge is 0.543 e. The Morgan fingerprint density at radius 3 is 2.67 bits per heavy atom. The van der Waals surface area contributed by atoms with Crippen molar-refractivity contribution in [1.29, 1.82) is 0 Å². The van der Waals surface area contributed by atoms with Crippen LogP contribution in [-0.2, 0) is 24.2 Å². The number of aliphatic carboxylic acids is 1. The molecular formula is C19H19N6NaO6S. The third kappa shape index (κ3) is 5.87. The van der Waals surface area contributed by atoms with E-state index in [0.29, 0.717) is 10.6 Å². The van der Waals surface area contributed by atoms with Crippen molar-refractivity contribution in [1.82, 2.24) is 15.2 Å². The van der Waals surface area contributed by atoms with Crippen LogP contribution in [0.2, 0.25) is 0 Å². The Hall–Kier alpha value is -3.00. The van der Waals surface area contributed by atoms with E-state index in [1.54, 1.807) is 18.2 Å². The second-order valence-electron chi connectivity index (χ2n) is 6.78. The van der Waals surface area contributed by atoms with Gasteiger partial charge in [-0.05, 0) is 23.8 Å². The summed E-state index contributed by atoms with van der Waals surface area (Å²) in [5, 5.41) is 12.7. The number of nitrogens with two attached hydrogens (primary N) is 2. The summed E-state index contributed by atoms with van der Waals surface area (Å²) in [5.74, 6) is -4.00. The van der Waals surface area contributed by atoms with Gasteiger partial charge in [0.1, 0.15) is 0 Å². The van der Waals surface area contributed by atoms with E-state index < -0.39 is 44.4 Å². The number of amides is 2. The monoisotopic (exact) mass is 482 g/mol. The van der Waals surface area contributed by atoms with Gasteiger partial charge in [-0.1, -0.05) is 12.1 Å². The number of pyridine rings is 1. The van der Waals surface area contributed by atoms with Crippen molar-refractivity contribution in [2.24, 2.45) is 16.5 Å². The number of fused-ring (bicyclic) bond motifs is 1. The predicted molar refractivity (Wildman–Crippen MR) is 111 cm³/mol. The Labute approximate surface area is 211 Å². The molecule has 0 radical (unpaired) electrons. The summed E-state index contributed by atoms with van der Waals surface area (Å²) in [6.07, 6.45) is 4.76. The number of nitrogens with zero attached hydrogens (tertiary/aromatic N) is 3. The van der Waals surface area contributed by atoms with Gasteiger partial charge in [-0.15, -0.1) is 0 Å². The molecule has 1 aromatic rings. The van der Waals surface area contributed by atoms with Gasteiger partial charge in [0.2, 0.25) is 5.91 Å². The van der Waals surface area contributed by atoms with E-state index in [4.69, 9.17) is 11.5 Å². The van der Waals surface area contributed by atoms with Crippen LogP contribution in [0.15, 0.2) is 58.4 Å². The SMILES string of the molecule is NC(N)=NCCNC(=O)/C=C/C1=C(C(=O)[O-])N2C(=O)/C(=C/c3ccccn3)C2S(=O)(=O)C1.[Na+]. The van der Waals surface area contributed by atoms with E-state index in [2.05, 4.69) is 15.3 Å². The Balaban J connectivity index is 0.00000385. The molecule has 3 rings (SSSR count). The van der Waals surface area contributed by atoms with E-state index in [1.165, 1.54) is 12.3 Å². The number of β-lactam (4-membered cyclic amide) rings is 1. The summed E-state index contributed by atoms with van der Waals surface area (Å²) in [7, 11) is -3.99. The molecule has 2 amide bonds. The van der Waals surface area contributed by atoms with Crippen molar-refractivity contribution in [3.8, 4) is 0 Å². The van der Waals surface area contributed by atoms with Crippen LogP contribution in [0.5, 0.6) is 0 Å². The number of carbonyl (C=O) groups is 3. The number of allylic oxidation sites excluding steroid dienone is 1. The van der Waals surface area contributed by atoms with Crippen molar-refractivity contribution in [3.63, 3.8) is 0 Å². The molecule has 0 saturated carbocycles. The standard InChI is InChI=1S/C19H20N6O6S.Na/c20-19(21)24-8-7-23-14(26)5-4-11-10-32(30,31)17-13(9-12-3-1-2-6-22-12)16(27)25(17)15(11)18(28)29;/h1-6,9,17H,7-8,10H2,(H,23,26)(H,28,29)(H4,20,21,24);/q;+1/p-1/b5-4+,13-9-;. The summed E-state index contributed by atoms with van der Waals surface area (Å²) < 4.78 is 25.6. The van der Waals surface area contributed by atoms with E-state index in [1.807, 2.05) is 0 Å². The van der Waals surface area contributed by atoms with Crippen LogP contribution in [0.4, 0.5) is 0 Å². The Morgan fingerprint density at radius 1 is 1.33 bits per heavy atom. The molecule has 0 aromatic carbocycles. The zero-order valence-electron chi connectivity index (χ0n) is 17.6. The van der Waals surface area contributed by atoms with Crippen molar-refractivity contribution in [3.05, 3.63) is 59.1 Å². The van der Waals surface area contributed by atoms with E-state index in [9.17, 15) is 27.9 Å². The Bertz CT molecular complexity index is 1190. The number of carbonyl (C=O) groups excluding carboxylic acids is 3. The van der Waals surface area contributed by atoms with Gasteiger partial charge in [0.05, 0.1) is 35.2 Å². The molecule has 5 N–H and O–H groups in total. The minimum absolute atomic E-state index is 0. The molecule has 1 atom stereocenters. The minimum atomic E-state index is -3.99. The molecule has 14 heteroatoms. The number of rotatable bonds is 7. The fourth-order valence-corrected chi connectivity index (χ4v) is 5.13. The summed E-state index contributed by atoms with van der Waals surface area (Å²) in [6.45, 7) is 0.221. The average molecular weight is 482 g/mol. The average Bonchev–Trinajstić information content (AvgIpc) is 2.73. The first-order chi connectivity index (χ1) is 15.1. The molecule has 3 heterocycles. The van der Waals surface area contributed by atoms with Gasteiger partial charge in [-0.25, -0.2) is 8.42 Å². The fourth-order valence-electron chi connectivity index (χ4n) is 3.23. The molecular weight excluding hydrogens is 463 g/mol. The number of aliphatic imine (C=N–C) groups is 1. The third-order valence-corrected chi connectivity index (χ3v) is 6.39. The third-order valence-electron chi connectivity index (χ3n) is 4.53. The quantitative estimate of drug-likeness (QED) is 0.0844. The maximum Gasteiger partial charge on any atom is 1.00 e. The van der Waals surface area contributed by atoms with Crippen molar-refractivity contribution >= 4 is 39.7 Å². The number of carboxylic acid groups (broad SMARTS) is 1. The molecule has 12 nitrogen and oxygen atoms in total. The second kappa shape index (κ2) is 10.7. The van der Waals surface area contributed by atoms with Crippen LogP contribution < -0.4 is 51.4 Å². The summed E-state index contributed by atoms with van der Waals surface area (Å²) in [6, 6.07) is 4.89. The maximum absolute atomic E-state index is 12.8. The normalized spacial score (nSPS) is 20.0. The molecule has 1 unspecified atom stereocenters. The minimum Gasteiger partial charge on any atom is -0.543 e. The zero-order chi connectivity index (χ0) is 23.5. The molecule has 33 heavy (non-hydrogen) atoms. The van der Waals surface area contributed by atoms with E-state index in [-0.39, 0.29) is 59.8 Å². The molecule has 2 aliphatic rings. The summed E-state index contributed by atoms with van der Waals surface area (Å²) >= 11 is 0. The molecule has 0 spiro atoms. The van der Waals surface area contributed by atoms with Crippen LogP contribution in [0.25, 0.3) is 6.08 Å². The number of carboxylic acids is 1. The van der Waals surface area contributed by atoms with E-state index >= 15 is 0 Å². The van der Waals surface area contributed by atoms with Gasteiger partial charge in [0.15, 0.2) is 21.2 Å². The molecule has 1 saturated heterocycles. The summed E-state index contributed by atoms with van der Waals surface area (Å²) in [4.78, 5) is 44.6. The molecule has 2 aliphatic heterocycles. The fraction of sp³-hybridized carbons (Fsp3) is 0.211. The Morgan fingerprint density at radius 2 is 2.06 bits per heavy atom. The van der Waals surface area contributed by atoms with Crippen LogP contribution in [0.1, 0.15) is 5.69 Å². The van der Waals surface area contributed by atoms with Gasteiger partial charge < -0.3 is 26.7 Å². The van der Waals surface area contributed by atoms with Crippen molar-refractivity contribution in [2.75, 3.05) is 18.8 Å². The van der Waals surface area contributed by atoms with Crippen molar-refractivity contribution < 1.29 is 57.5 Å². The van der Waals surface area contributed by atoms with Gasteiger partial charge >= 0.3 is 29.6 Å². The van der Waals surface area contributed by atoms with Crippen LogP contribution >= 0.6 is 0 Å². The maximum atomic E-state index is 12.8. The van der Waals surface area contributed by atoms with Gasteiger partial charge in [0.25, 0.3) is 5.91 Å². The van der Waals surface area contributed by atoms with E-state index in [0.717, 1.165) is 12.2 Å². The largest absolute Gasteiger partial charge is 1.00 e. The summed E-state index contributed by atoms with van der Waals surface area (Å²) in [5.41, 5.74) is 9.75. The number of hydrogen-bond donors (Lipinski definition) is 3. The number of hydrogen-bond acceptors (Lipinski definition) is 8. The number of aromatic nitrogens is 1. The predicted octanol–water partition coefficient (Wildman–Crippen LogP) is -5.98. The zero-order valence-corrected chi connectivity index (χ0v) is 20.4. The molecule has 0 aliphatic carbocycles. The van der Waals surface area contributed by atoms with Crippen LogP contribution in [0.3, 0.4) is 0 Å². The molecule has 1 fully saturated rings.